The number of hydrogen-bond acceptors (Lipinski definition) is 4. The molecule has 0 aliphatic heterocycles. The molecular weight excluding hydrogens is 336 g/mol. The van der Waals surface area contributed by atoms with Crippen LogP contribution in [0.15, 0.2) is 77.3 Å². The normalized spacial score (nSPS) is 10.7. The van der Waals surface area contributed by atoms with Gasteiger partial charge in [0.2, 0.25) is 5.82 Å². The molecule has 27 heavy (non-hydrogen) atoms. The number of nitrogens with zero attached hydrogens (tertiary/aromatic N) is 2. The van der Waals surface area contributed by atoms with E-state index in [1.165, 1.54) is 5.56 Å². The first-order chi connectivity index (χ1) is 13.2. The minimum Gasteiger partial charge on any atom is -0.489 e. The van der Waals surface area contributed by atoms with Gasteiger partial charge in [-0.1, -0.05) is 65.3 Å². The lowest BCUT2D eigenvalue weighted by Gasteiger charge is -2.07. The second kappa shape index (κ2) is 7.46. The zero-order chi connectivity index (χ0) is 18.6. The first kappa shape index (κ1) is 17.0. The van der Waals surface area contributed by atoms with Crippen LogP contribution in [-0.4, -0.2) is 10.1 Å². The van der Waals surface area contributed by atoms with E-state index in [4.69, 9.17) is 9.26 Å². The number of aryl methyl sites for hydroxylation is 2. The van der Waals surface area contributed by atoms with E-state index in [2.05, 4.69) is 35.3 Å². The van der Waals surface area contributed by atoms with Crippen molar-refractivity contribution < 1.29 is 9.26 Å². The first-order valence-corrected chi connectivity index (χ1v) is 8.87. The van der Waals surface area contributed by atoms with Crippen molar-refractivity contribution in [2.75, 3.05) is 0 Å². The third-order valence-corrected chi connectivity index (χ3v) is 4.38. The Bertz CT molecular complexity index is 1070. The van der Waals surface area contributed by atoms with Gasteiger partial charge in [0.05, 0.1) is 0 Å². The molecule has 4 nitrogen and oxygen atoms in total. The van der Waals surface area contributed by atoms with Crippen molar-refractivity contribution in [2.45, 2.75) is 20.5 Å². The van der Waals surface area contributed by atoms with Gasteiger partial charge in [-0.15, -0.1) is 0 Å². The highest BCUT2D eigenvalue weighted by Gasteiger charge is 2.12. The minimum absolute atomic E-state index is 0.520. The molecule has 0 spiro atoms. The fourth-order valence-corrected chi connectivity index (χ4v) is 2.96. The number of rotatable bonds is 5. The van der Waals surface area contributed by atoms with E-state index >= 15 is 0 Å². The van der Waals surface area contributed by atoms with E-state index in [0.717, 1.165) is 28.0 Å². The molecule has 0 saturated heterocycles. The Morgan fingerprint density at radius 2 is 1.74 bits per heavy atom. The van der Waals surface area contributed by atoms with Crippen LogP contribution in [0.5, 0.6) is 5.75 Å². The van der Waals surface area contributed by atoms with Crippen molar-refractivity contribution in [3.8, 4) is 28.6 Å². The average molecular weight is 356 g/mol. The molecule has 0 aliphatic carbocycles. The maximum atomic E-state index is 5.93. The van der Waals surface area contributed by atoms with Gasteiger partial charge < -0.3 is 9.26 Å². The van der Waals surface area contributed by atoms with Gasteiger partial charge in [0.15, 0.2) is 0 Å². The molecule has 1 heterocycles. The number of hydrogen-bond donors (Lipinski definition) is 0. The molecule has 0 amide bonds. The minimum atomic E-state index is 0.520. The molecule has 4 rings (SSSR count). The Morgan fingerprint density at radius 3 is 2.59 bits per heavy atom. The third kappa shape index (κ3) is 3.90. The van der Waals surface area contributed by atoms with Crippen LogP contribution >= 0.6 is 0 Å². The summed E-state index contributed by atoms with van der Waals surface area (Å²) in [7, 11) is 0. The number of benzene rings is 3. The Balaban J connectivity index is 1.53. The Hall–Kier alpha value is -3.40. The van der Waals surface area contributed by atoms with E-state index in [9.17, 15) is 0 Å². The van der Waals surface area contributed by atoms with Gasteiger partial charge in [0.1, 0.15) is 12.4 Å². The van der Waals surface area contributed by atoms with Crippen LogP contribution in [0.2, 0.25) is 0 Å². The van der Waals surface area contributed by atoms with Gasteiger partial charge in [-0.2, -0.15) is 4.98 Å². The van der Waals surface area contributed by atoms with Gasteiger partial charge in [-0.25, -0.2) is 0 Å². The molecule has 0 atom stereocenters. The Kier molecular flexibility index (Phi) is 4.71. The lowest BCUT2D eigenvalue weighted by atomic mass is 10.1. The predicted molar refractivity (Wildman–Crippen MR) is 105 cm³/mol. The quantitative estimate of drug-likeness (QED) is 0.467. The summed E-state index contributed by atoms with van der Waals surface area (Å²) >= 11 is 0. The summed E-state index contributed by atoms with van der Waals surface area (Å²) in [6, 6.07) is 24.0. The summed E-state index contributed by atoms with van der Waals surface area (Å²) in [5, 5.41) is 4.13. The highest BCUT2D eigenvalue weighted by Crippen LogP contribution is 2.26. The molecule has 4 heteroatoms. The zero-order valence-corrected chi connectivity index (χ0v) is 15.3. The molecule has 4 aromatic rings. The van der Waals surface area contributed by atoms with E-state index in [1.54, 1.807) is 0 Å². The van der Waals surface area contributed by atoms with Crippen LogP contribution < -0.4 is 4.74 Å². The molecule has 0 bridgehead atoms. The van der Waals surface area contributed by atoms with Crippen LogP contribution in [0.4, 0.5) is 0 Å². The highest BCUT2D eigenvalue weighted by atomic mass is 16.5. The summed E-state index contributed by atoms with van der Waals surface area (Å²) in [4.78, 5) is 4.55. The third-order valence-electron chi connectivity index (χ3n) is 4.38. The fourth-order valence-electron chi connectivity index (χ4n) is 2.96. The second-order valence-corrected chi connectivity index (χ2v) is 6.54. The van der Waals surface area contributed by atoms with Crippen molar-refractivity contribution >= 4 is 0 Å². The molecule has 3 aromatic carbocycles. The van der Waals surface area contributed by atoms with Gasteiger partial charge in [0.25, 0.3) is 5.89 Å². The van der Waals surface area contributed by atoms with Crippen LogP contribution in [-0.2, 0) is 6.61 Å². The van der Waals surface area contributed by atoms with Crippen LogP contribution in [0, 0.1) is 13.8 Å². The van der Waals surface area contributed by atoms with Crippen molar-refractivity contribution in [1.82, 2.24) is 10.1 Å². The average Bonchev–Trinajstić information content (AvgIpc) is 3.17. The summed E-state index contributed by atoms with van der Waals surface area (Å²) in [6.07, 6.45) is 0. The lowest BCUT2D eigenvalue weighted by Crippen LogP contribution is -1.96. The number of ether oxygens (including phenoxy) is 1. The number of aromatic nitrogens is 2. The smallest absolute Gasteiger partial charge is 0.258 e. The molecule has 134 valence electrons. The van der Waals surface area contributed by atoms with Crippen LogP contribution in [0.1, 0.15) is 16.7 Å². The maximum Gasteiger partial charge on any atom is 0.258 e. The van der Waals surface area contributed by atoms with Crippen molar-refractivity contribution in [1.29, 1.82) is 0 Å². The summed E-state index contributed by atoms with van der Waals surface area (Å²) in [6.45, 7) is 4.62. The molecule has 0 saturated carbocycles. The van der Waals surface area contributed by atoms with Gasteiger partial charge in [-0.3, -0.25) is 0 Å². The zero-order valence-electron chi connectivity index (χ0n) is 15.3. The van der Waals surface area contributed by atoms with E-state index < -0.39 is 0 Å². The van der Waals surface area contributed by atoms with Gasteiger partial charge >= 0.3 is 0 Å². The Morgan fingerprint density at radius 1 is 0.889 bits per heavy atom. The first-order valence-electron chi connectivity index (χ1n) is 8.87. The predicted octanol–water partition coefficient (Wildman–Crippen LogP) is 5.60. The van der Waals surface area contributed by atoms with E-state index in [-0.39, 0.29) is 0 Å². The summed E-state index contributed by atoms with van der Waals surface area (Å²) in [5.41, 5.74) is 5.27. The molecule has 0 aliphatic rings. The topological polar surface area (TPSA) is 48.2 Å². The SMILES string of the molecule is Cc1cccc(COc2cccc(-c3noc(-c4ccccc4C)n3)c2)c1. The second-order valence-electron chi connectivity index (χ2n) is 6.54. The van der Waals surface area contributed by atoms with Crippen molar-refractivity contribution in [2.24, 2.45) is 0 Å². The van der Waals surface area contributed by atoms with Crippen molar-refractivity contribution in [3.63, 3.8) is 0 Å². The van der Waals surface area contributed by atoms with Gasteiger partial charge in [0, 0.05) is 11.1 Å². The van der Waals surface area contributed by atoms with Crippen molar-refractivity contribution in [3.05, 3.63) is 89.5 Å². The molecule has 0 unspecified atom stereocenters. The standard InChI is InChI=1S/C23H20N2O2/c1-16-7-5-9-18(13-16)15-26-20-11-6-10-19(14-20)22-24-23(27-25-22)21-12-4-3-8-17(21)2/h3-14H,15H2,1-2H3. The van der Waals surface area contributed by atoms with E-state index in [0.29, 0.717) is 18.3 Å². The molecule has 1 aromatic heterocycles. The van der Waals surface area contributed by atoms with Crippen LogP contribution in [0.3, 0.4) is 0 Å². The molecule has 0 radical (unpaired) electrons. The molecular formula is C23H20N2O2. The maximum absolute atomic E-state index is 5.93. The van der Waals surface area contributed by atoms with Gasteiger partial charge in [-0.05, 0) is 43.2 Å². The Labute approximate surface area is 158 Å². The molecule has 0 N–H and O–H groups in total. The monoisotopic (exact) mass is 356 g/mol. The fraction of sp³-hybridized carbons (Fsp3) is 0.130. The summed E-state index contributed by atoms with van der Waals surface area (Å²) in [5.74, 6) is 1.85. The molecule has 0 fully saturated rings. The largest absolute Gasteiger partial charge is 0.489 e. The lowest BCUT2D eigenvalue weighted by molar-refractivity contribution is 0.306. The highest BCUT2D eigenvalue weighted by molar-refractivity contribution is 5.63. The van der Waals surface area contributed by atoms with E-state index in [1.807, 2.05) is 61.5 Å². The van der Waals surface area contributed by atoms with Crippen LogP contribution in [0.25, 0.3) is 22.8 Å². The summed E-state index contributed by atoms with van der Waals surface area (Å²) < 4.78 is 11.4.